The maximum absolute atomic E-state index is 6.04. The molecule has 4 rings (SSSR count). The van der Waals surface area contributed by atoms with Crippen LogP contribution in [0.15, 0.2) is 30.6 Å². The van der Waals surface area contributed by atoms with Crippen molar-refractivity contribution in [1.29, 1.82) is 0 Å². The fourth-order valence-corrected chi connectivity index (χ4v) is 3.70. The number of halogens is 2. The number of nitrogens with two attached hydrogens (primary N) is 2. The fourth-order valence-electron chi connectivity index (χ4n) is 3.70. The highest BCUT2D eigenvalue weighted by atomic mass is 35.5. The van der Waals surface area contributed by atoms with E-state index in [9.17, 15) is 0 Å². The van der Waals surface area contributed by atoms with E-state index in [1.807, 2.05) is 18.3 Å². The molecule has 1 saturated heterocycles. The summed E-state index contributed by atoms with van der Waals surface area (Å²) in [5, 5.41) is 0. The van der Waals surface area contributed by atoms with Crippen LogP contribution >= 0.6 is 24.8 Å². The summed E-state index contributed by atoms with van der Waals surface area (Å²) >= 11 is 0. The van der Waals surface area contributed by atoms with E-state index in [4.69, 9.17) is 16.2 Å². The lowest BCUT2D eigenvalue weighted by Crippen LogP contribution is -2.38. The molecule has 1 saturated carbocycles. The number of rotatable bonds is 5. The summed E-state index contributed by atoms with van der Waals surface area (Å²) in [6.45, 7) is 2.45. The van der Waals surface area contributed by atoms with Crippen molar-refractivity contribution < 1.29 is 4.74 Å². The summed E-state index contributed by atoms with van der Waals surface area (Å²) in [6.07, 6.45) is 7.84. The Morgan fingerprint density at radius 3 is 2.54 bits per heavy atom. The van der Waals surface area contributed by atoms with Crippen molar-refractivity contribution in [2.24, 2.45) is 5.73 Å². The number of nitrogen functional groups attached to an aromatic ring is 1. The molecule has 9 heteroatoms. The van der Waals surface area contributed by atoms with Gasteiger partial charge in [-0.25, -0.2) is 4.98 Å². The molecular formula is C19H28Cl2N6O. The molecule has 2 aliphatic rings. The number of anilines is 2. The maximum Gasteiger partial charge on any atom is 0.222 e. The zero-order valence-electron chi connectivity index (χ0n) is 15.7. The largest absolute Gasteiger partial charge is 0.373 e. The lowest BCUT2D eigenvalue weighted by Gasteiger charge is -2.35. The lowest BCUT2D eigenvalue weighted by atomic mass is 9.78. The normalized spacial score (nSPS) is 22.0. The van der Waals surface area contributed by atoms with Crippen LogP contribution in [0.3, 0.4) is 0 Å². The van der Waals surface area contributed by atoms with Crippen LogP contribution in [0.5, 0.6) is 0 Å². The van der Waals surface area contributed by atoms with E-state index in [2.05, 4.69) is 25.9 Å². The van der Waals surface area contributed by atoms with Crippen molar-refractivity contribution in [3.05, 3.63) is 41.9 Å². The van der Waals surface area contributed by atoms with Crippen LogP contribution in [-0.4, -0.2) is 40.2 Å². The summed E-state index contributed by atoms with van der Waals surface area (Å²) in [4.78, 5) is 15.3. The Morgan fingerprint density at radius 1 is 1.14 bits per heavy atom. The van der Waals surface area contributed by atoms with Crippen LogP contribution in [-0.2, 0) is 11.3 Å². The van der Waals surface area contributed by atoms with Crippen LogP contribution in [0.1, 0.15) is 42.9 Å². The van der Waals surface area contributed by atoms with Gasteiger partial charge in [-0.1, -0.05) is 6.07 Å². The Kier molecular flexibility index (Phi) is 8.24. The zero-order valence-corrected chi connectivity index (χ0v) is 17.4. The molecular weight excluding hydrogens is 399 g/mol. The van der Waals surface area contributed by atoms with E-state index in [1.165, 1.54) is 0 Å². The zero-order chi connectivity index (χ0) is 17.9. The standard InChI is InChI=1S/C19H26N6O.2ClH/c20-15-8-14(9-15)17-10-18(24-19(21)23-17)25-6-3-16(4-7-25)26-12-13-2-1-5-22-11-13;;/h1-2,5,10-11,14-16H,3-4,6-9,12,20H2,(H2,21,23,24);2*1H. The van der Waals surface area contributed by atoms with Gasteiger partial charge in [-0.2, -0.15) is 4.98 Å². The second-order valence-electron chi connectivity index (χ2n) is 7.30. The van der Waals surface area contributed by atoms with Gasteiger partial charge >= 0.3 is 0 Å². The second-order valence-corrected chi connectivity index (χ2v) is 7.30. The van der Waals surface area contributed by atoms with E-state index >= 15 is 0 Å². The average Bonchev–Trinajstić information content (AvgIpc) is 2.64. The number of pyridine rings is 1. The lowest BCUT2D eigenvalue weighted by molar-refractivity contribution is 0.0249. The first-order valence-corrected chi connectivity index (χ1v) is 9.33. The van der Waals surface area contributed by atoms with Gasteiger partial charge in [0.2, 0.25) is 5.95 Å². The summed E-state index contributed by atoms with van der Waals surface area (Å²) in [5.74, 6) is 1.71. The first-order valence-electron chi connectivity index (χ1n) is 9.33. The van der Waals surface area contributed by atoms with E-state index in [0.717, 1.165) is 55.8 Å². The molecule has 0 aromatic carbocycles. The molecule has 0 bridgehead atoms. The Balaban J connectivity index is 0.00000140. The maximum atomic E-state index is 6.04. The van der Waals surface area contributed by atoms with Crippen LogP contribution in [0.2, 0.25) is 0 Å². The Hall–Kier alpha value is -1.67. The molecule has 154 valence electrons. The average molecular weight is 427 g/mol. The van der Waals surface area contributed by atoms with Crippen molar-refractivity contribution in [2.45, 2.75) is 50.4 Å². The van der Waals surface area contributed by atoms with Crippen molar-refractivity contribution in [1.82, 2.24) is 15.0 Å². The highest BCUT2D eigenvalue weighted by Crippen LogP contribution is 2.36. The number of piperidine rings is 1. The molecule has 2 aromatic rings. The van der Waals surface area contributed by atoms with Gasteiger partial charge in [-0.05, 0) is 37.3 Å². The molecule has 4 N–H and O–H groups in total. The van der Waals surface area contributed by atoms with Gasteiger partial charge in [-0.3, -0.25) is 4.98 Å². The highest BCUT2D eigenvalue weighted by Gasteiger charge is 2.30. The first-order chi connectivity index (χ1) is 12.7. The number of aromatic nitrogens is 3. The quantitative estimate of drug-likeness (QED) is 0.756. The minimum Gasteiger partial charge on any atom is -0.373 e. The SMILES string of the molecule is Cl.Cl.Nc1nc(C2CC(N)C2)cc(N2CCC(OCc3cccnc3)CC2)n1. The number of nitrogens with zero attached hydrogens (tertiary/aromatic N) is 4. The molecule has 0 amide bonds. The minimum atomic E-state index is 0. The summed E-state index contributed by atoms with van der Waals surface area (Å²) < 4.78 is 6.04. The van der Waals surface area contributed by atoms with Crippen LogP contribution < -0.4 is 16.4 Å². The number of ether oxygens (including phenoxy) is 1. The molecule has 1 aliphatic heterocycles. The van der Waals surface area contributed by atoms with E-state index in [-0.39, 0.29) is 30.9 Å². The fraction of sp³-hybridized carbons (Fsp3) is 0.526. The molecule has 2 fully saturated rings. The molecule has 0 unspecified atom stereocenters. The summed E-state index contributed by atoms with van der Waals surface area (Å²) in [5.41, 5.74) is 14.0. The second kappa shape index (κ2) is 10.2. The van der Waals surface area contributed by atoms with Crippen molar-refractivity contribution in [2.75, 3.05) is 23.7 Å². The molecule has 3 heterocycles. The van der Waals surface area contributed by atoms with Gasteiger partial charge in [0.1, 0.15) is 5.82 Å². The van der Waals surface area contributed by atoms with E-state index < -0.39 is 0 Å². The van der Waals surface area contributed by atoms with Crippen molar-refractivity contribution in [3.8, 4) is 0 Å². The van der Waals surface area contributed by atoms with Crippen molar-refractivity contribution >= 4 is 36.6 Å². The van der Waals surface area contributed by atoms with Gasteiger partial charge < -0.3 is 21.1 Å². The Labute approximate surface area is 178 Å². The number of hydrogen-bond donors (Lipinski definition) is 2. The third kappa shape index (κ3) is 5.44. The molecule has 0 radical (unpaired) electrons. The first kappa shape index (κ1) is 22.6. The molecule has 7 nitrogen and oxygen atoms in total. The van der Waals surface area contributed by atoms with Gasteiger partial charge in [0.25, 0.3) is 0 Å². The van der Waals surface area contributed by atoms with Crippen LogP contribution in [0.25, 0.3) is 0 Å². The topological polar surface area (TPSA) is 103 Å². The van der Waals surface area contributed by atoms with Gasteiger partial charge in [0.15, 0.2) is 0 Å². The smallest absolute Gasteiger partial charge is 0.222 e. The predicted octanol–water partition coefficient (Wildman–Crippen LogP) is 2.69. The van der Waals surface area contributed by atoms with E-state index in [0.29, 0.717) is 24.5 Å². The minimum absolute atomic E-state index is 0. The van der Waals surface area contributed by atoms with Crippen molar-refractivity contribution in [3.63, 3.8) is 0 Å². The Bertz CT molecular complexity index is 736. The molecule has 0 spiro atoms. The third-order valence-electron chi connectivity index (χ3n) is 5.32. The highest BCUT2D eigenvalue weighted by molar-refractivity contribution is 5.85. The molecule has 2 aromatic heterocycles. The van der Waals surface area contributed by atoms with Crippen LogP contribution in [0, 0.1) is 0 Å². The summed E-state index contributed by atoms with van der Waals surface area (Å²) in [6, 6.07) is 6.36. The van der Waals surface area contributed by atoms with Gasteiger partial charge in [0, 0.05) is 43.5 Å². The number of hydrogen-bond acceptors (Lipinski definition) is 7. The van der Waals surface area contributed by atoms with Gasteiger partial charge in [0.05, 0.1) is 18.4 Å². The molecule has 28 heavy (non-hydrogen) atoms. The third-order valence-corrected chi connectivity index (χ3v) is 5.32. The molecule has 1 aliphatic carbocycles. The Morgan fingerprint density at radius 2 is 1.89 bits per heavy atom. The monoisotopic (exact) mass is 426 g/mol. The predicted molar refractivity (Wildman–Crippen MR) is 115 cm³/mol. The van der Waals surface area contributed by atoms with E-state index in [1.54, 1.807) is 6.20 Å². The summed E-state index contributed by atoms with van der Waals surface area (Å²) in [7, 11) is 0. The van der Waals surface area contributed by atoms with Crippen LogP contribution in [0.4, 0.5) is 11.8 Å². The van der Waals surface area contributed by atoms with Gasteiger partial charge in [-0.15, -0.1) is 24.8 Å². The molecule has 0 atom stereocenters.